The van der Waals surface area contributed by atoms with E-state index < -0.39 is 0 Å². The van der Waals surface area contributed by atoms with Crippen molar-refractivity contribution in [1.82, 2.24) is 5.32 Å². The Kier molecular flexibility index (Phi) is 4.32. The van der Waals surface area contributed by atoms with Gasteiger partial charge in [-0.05, 0) is 47.9 Å². The standard InChI is InChI=1S/C20H26N2O/c1-23-9-8-21-12-14-6-7-18-16(10-14)11-19-17-5-3-2-4-15(17)13-22-20(18)19/h6-7,10,13,15,20-21H,2-5,8-9,11-12H2,1H3. The van der Waals surface area contributed by atoms with Gasteiger partial charge in [0.05, 0.1) is 12.6 Å². The molecule has 0 aromatic heterocycles. The van der Waals surface area contributed by atoms with E-state index in [1.807, 2.05) is 0 Å². The number of ether oxygens (including phenoxy) is 1. The van der Waals surface area contributed by atoms with E-state index in [0.717, 1.165) is 26.1 Å². The van der Waals surface area contributed by atoms with Crippen LogP contribution in [0, 0.1) is 5.92 Å². The molecule has 3 aliphatic rings. The number of fused-ring (bicyclic) bond motifs is 4. The van der Waals surface area contributed by atoms with Crippen LogP contribution in [0.3, 0.4) is 0 Å². The molecule has 2 unspecified atom stereocenters. The minimum absolute atomic E-state index is 0.324. The van der Waals surface area contributed by atoms with E-state index in [2.05, 4.69) is 29.7 Å². The lowest BCUT2D eigenvalue weighted by molar-refractivity contribution is 0.199. The van der Waals surface area contributed by atoms with Gasteiger partial charge in [-0.1, -0.05) is 30.2 Å². The molecule has 0 amide bonds. The molecular weight excluding hydrogens is 284 g/mol. The van der Waals surface area contributed by atoms with Crippen LogP contribution in [0.25, 0.3) is 0 Å². The predicted molar refractivity (Wildman–Crippen MR) is 93.9 cm³/mol. The first-order valence-electron chi connectivity index (χ1n) is 8.93. The number of benzene rings is 1. The lowest BCUT2D eigenvalue weighted by Gasteiger charge is -2.29. The first-order valence-corrected chi connectivity index (χ1v) is 8.93. The van der Waals surface area contributed by atoms with Gasteiger partial charge in [0.2, 0.25) is 0 Å². The van der Waals surface area contributed by atoms with Crippen molar-refractivity contribution in [1.29, 1.82) is 0 Å². The van der Waals surface area contributed by atoms with Gasteiger partial charge in [-0.15, -0.1) is 0 Å². The van der Waals surface area contributed by atoms with E-state index in [9.17, 15) is 0 Å². The second-order valence-electron chi connectivity index (χ2n) is 6.98. The molecule has 0 bridgehead atoms. The highest BCUT2D eigenvalue weighted by Crippen LogP contribution is 2.47. The van der Waals surface area contributed by atoms with Gasteiger partial charge in [0.1, 0.15) is 0 Å². The molecule has 1 aromatic rings. The fourth-order valence-electron chi connectivity index (χ4n) is 4.34. The van der Waals surface area contributed by atoms with E-state index in [-0.39, 0.29) is 0 Å². The van der Waals surface area contributed by atoms with Crippen molar-refractivity contribution >= 4 is 6.21 Å². The molecule has 2 aliphatic carbocycles. The number of hydrogen-bond acceptors (Lipinski definition) is 3. The third-order valence-electron chi connectivity index (χ3n) is 5.51. The number of aliphatic imine (C=N–C) groups is 1. The summed E-state index contributed by atoms with van der Waals surface area (Å²) in [4.78, 5) is 4.92. The maximum atomic E-state index is 5.08. The van der Waals surface area contributed by atoms with E-state index in [1.165, 1.54) is 42.4 Å². The summed E-state index contributed by atoms with van der Waals surface area (Å²) in [5, 5.41) is 3.44. The van der Waals surface area contributed by atoms with Crippen molar-refractivity contribution in [2.45, 2.75) is 44.7 Å². The van der Waals surface area contributed by atoms with E-state index in [1.54, 1.807) is 18.3 Å². The molecule has 23 heavy (non-hydrogen) atoms. The number of rotatable bonds is 5. The van der Waals surface area contributed by atoms with Crippen LogP contribution in [0.5, 0.6) is 0 Å². The van der Waals surface area contributed by atoms with Gasteiger partial charge in [0.25, 0.3) is 0 Å². The number of methoxy groups -OCH3 is 1. The zero-order valence-electron chi connectivity index (χ0n) is 14.0. The van der Waals surface area contributed by atoms with Gasteiger partial charge in [0.15, 0.2) is 0 Å². The molecule has 1 heterocycles. The van der Waals surface area contributed by atoms with Crippen molar-refractivity contribution in [2.75, 3.05) is 20.3 Å². The normalized spacial score (nSPS) is 25.3. The SMILES string of the molecule is COCCNCc1ccc2c(c1)CC1=C3CCCCC3C=NC12. The molecule has 3 nitrogen and oxygen atoms in total. The van der Waals surface area contributed by atoms with Crippen molar-refractivity contribution in [3.8, 4) is 0 Å². The molecule has 1 fully saturated rings. The summed E-state index contributed by atoms with van der Waals surface area (Å²) >= 11 is 0. The summed E-state index contributed by atoms with van der Waals surface area (Å²) in [6.45, 7) is 2.58. The maximum absolute atomic E-state index is 5.08. The molecule has 0 radical (unpaired) electrons. The van der Waals surface area contributed by atoms with Crippen molar-refractivity contribution in [2.24, 2.45) is 10.9 Å². The van der Waals surface area contributed by atoms with Gasteiger partial charge in [0, 0.05) is 32.3 Å². The first-order chi connectivity index (χ1) is 11.4. The number of nitrogens with one attached hydrogen (secondary N) is 1. The second kappa shape index (κ2) is 6.58. The van der Waals surface area contributed by atoms with Crippen LogP contribution in [0.4, 0.5) is 0 Å². The van der Waals surface area contributed by atoms with Gasteiger partial charge in [-0.25, -0.2) is 0 Å². The highest BCUT2D eigenvalue weighted by Gasteiger charge is 2.34. The average Bonchev–Trinajstić information content (AvgIpc) is 2.97. The lowest BCUT2D eigenvalue weighted by atomic mass is 9.79. The fourth-order valence-corrected chi connectivity index (χ4v) is 4.34. The number of allylic oxidation sites excluding steroid dienone is 1. The van der Waals surface area contributed by atoms with Gasteiger partial charge >= 0.3 is 0 Å². The Morgan fingerprint density at radius 1 is 1.26 bits per heavy atom. The average molecular weight is 310 g/mol. The summed E-state index contributed by atoms with van der Waals surface area (Å²) in [6, 6.07) is 7.27. The molecular formula is C20H26N2O. The van der Waals surface area contributed by atoms with Gasteiger partial charge in [-0.3, -0.25) is 4.99 Å². The Labute approximate surface area is 138 Å². The highest BCUT2D eigenvalue weighted by atomic mass is 16.5. The molecule has 0 spiro atoms. The third-order valence-corrected chi connectivity index (χ3v) is 5.51. The monoisotopic (exact) mass is 310 g/mol. The lowest BCUT2D eigenvalue weighted by Crippen LogP contribution is -2.19. The topological polar surface area (TPSA) is 33.6 Å². The predicted octanol–water partition coefficient (Wildman–Crippen LogP) is 3.59. The smallest absolute Gasteiger partial charge is 0.0964 e. The Balaban J connectivity index is 1.54. The molecule has 122 valence electrons. The number of dihydropyridines is 1. The molecule has 0 saturated heterocycles. The molecule has 1 aliphatic heterocycles. The van der Waals surface area contributed by atoms with Crippen LogP contribution >= 0.6 is 0 Å². The molecule has 2 atom stereocenters. The zero-order chi connectivity index (χ0) is 15.6. The largest absolute Gasteiger partial charge is 0.383 e. The summed E-state index contributed by atoms with van der Waals surface area (Å²) in [7, 11) is 1.74. The van der Waals surface area contributed by atoms with Crippen LogP contribution in [0.2, 0.25) is 0 Å². The minimum Gasteiger partial charge on any atom is -0.383 e. The Morgan fingerprint density at radius 2 is 2.22 bits per heavy atom. The third kappa shape index (κ3) is 2.88. The fraction of sp³-hybridized carbons (Fsp3) is 0.550. The van der Waals surface area contributed by atoms with Crippen molar-refractivity contribution in [3.05, 3.63) is 46.0 Å². The number of hydrogen-bond donors (Lipinski definition) is 1. The quantitative estimate of drug-likeness (QED) is 0.666. The minimum atomic E-state index is 0.324. The van der Waals surface area contributed by atoms with Gasteiger partial charge < -0.3 is 10.1 Å². The van der Waals surface area contributed by atoms with Crippen LogP contribution in [-0.4, -0.2) is 26.5 Å². The highest BCUT2D eigenvalue weighted by molar-refractivity contribution is 5.71. The van der Waals surface area contributed by atoms with Gasteiger partial charge in [-0.2, -0.15) is 0 Å². The molecule has 4 rings (SSSR count). The van der Waals surface area contributed by atoms with E-state index in [0.29, 0.717) is 12.0 Å². The summed E-state index contributed by atoms with van der Waals surface area (Å²) in [5.74, 6) is 0.638. The summed E-state index contributed by atoms with van der Waals surface area (Å²) in [5.41, 5.74) is 7.64. The molecule has 1 aromatic carbocycles. The molecule has 1 saturated carbocycles. The maximum Gasteiger partial charge on any atom is 0.0964 e. The summed E-state index contributed by atoms with van der Waals surface area (Å²) in [6.07, 6.45) is 8.69. The molecule has 1 N–H and O–H groups in total. The number of nitrogens with zero attached hydrogens (tertiary/aromatic N) is 1. The first kappa shape index (κ1) is 15.1. The molecule has 3 heteroatoms. The Morgan fingerprint density at radius 3 is 3.13 bits per heavy atom. The van der Waals surface area contributed by atoms with Crippen molar-refractivity contribution < 1.29 is 4.74 Å². The van der Waals surface area contributed by atoms with Crippen molar-refractivity contribution in [3.63, 3.8) is 0 Å². The second-order valence-corrected chi connectivity index (χ2v) is 6.98. The Hall–Kier alpha value is -1.45. The Bertz CT molecular complexity index is 647. The van der Waals surface area contributed by atoms with Crippen LogP contribution < -0.4 is 5.32 Å². The summed E-state index contributed by atoms with van der Waals surface area (Å²) < 4.78 is 5.08. The van der Waals surface area contributed by atoms with E-state index >= 15 is 0 Å². The van der Waals surface area contributed by atoms with E-state index in [4.69, 9.17) is 9.73 Å². The van der Waals surface area contributed by atoms with Crippen LogP contribution in [0.15, 0.2) is 34.3 Å². The van der Waals surface area contributed by atoms with Crippen LogP contribution in [0.1, 0.15) is 48.4 Å². The van der Waals surface area contributed by atoms with Crippen LogP contribution in [-0.2, 0) is 17.7 Å². The zero-order valence-corrected chi connectivity index (χ0v) is 14.0.